The van der Waals surface area contributed by atoms with Crippen LogP contribution in [0.15, 0.2) is 48.5 Å². The summed E-state index contributed by atoms with van der Waals surface area (Å²) < 4.78 is 15.9. The summed E-state index contributed by atoms with van der Waals surface area (Å²) in [6.45, 7) is -0.0494. The Morgan fingerprint density at radius 3 is 2.36 bits per heavy atom. The predicted molar refractivity (Wildman–Crippen MR) is 90.6 cm³/mol. The average Bonchev–Trinajstić information content (AvgIpc) is 3.06. The number of methoxy groups -OCH3 is 1. The Kier molecular flexibility index (Phi) is 7.45. The minimum atomic E-state index is -1.50. The van der Waals surface area contributed by atoms with Crippen LogP contribution in [-0.2, 0) is 4.74 Å². The molecule has 1 saturated heterocycles. The second-order valence-corrected chi connectivity index (χ2v) is 5.72. The van der Waals surface area contributed by atoms with E-state index in [9.17, 15) is 19.5 Å². The Balaban J connectivity index is 0.00000280. The van der Waals surface area contributed by atoms with E-state index in [1.54, 1.807) is 24.3 Å². The van der Waals surface area contributed by atoms with Gasteiger partial charge in [0.05, 0.1) is 19.6 Å². The summed E-state index contributed by atoms with van der Waals surface area (Å²) in [5.41, 5.74) is -0.426. The van der Waals surface area contributed by atoms with Crippen LogP contribution >= 0.6 is 0 Å². The predicted octanol–water partition coefficient (Wildman–Crippen LogP) is -1.90. The zero-order chi connectivity index (χ0) is 19.4. The number of nitrogens with zero attached hydrogens (tertiary/aromatic N) is 1. The number of imide groups is 1. The van der Waals surface area contributed by atoms with Gasteiger partial charge in [0.25, 0.3) is 5.91 Å². The van der Waals surface area contributed by atoms with Crippen LogP contribution in [0.1, 0.15) is 20.7 Å². The smallest absolute Gasteiger partial charge is 0.545 e. The number of carbonyl (C=O) groups is 3. The van der Waals surface area contributed by atoms with Crippen molar-refractivity contribution in [2.45, 2.75) is 6.10 Å². The topological polar surface area (TPSA) is 105 Å². The quantitative estimate of drug-likeness (QED) is 0.528. The normalized spacial score (nSPS) is 15.4. The maximum absolute atomic E-state index is 12.6. The molecule has 28 heavy (non-hydrogen) atoms. The Morgan fingerprint density at radius 1 is 1.11 bits per heavy atom. The summed E-state index contributed by atoms with van der Waals surface area (Å²) >= 11 is 0. The van der Waals surface area contributed by atoms with Crippen LogP contribution in [0.3, 0.4) is 0 Å². The number of hydrogen-bond acceptors (Lipinski definition) is 7. The van der Waals surface area contributed by atoms with Crippen LogP contribution in [-0.4, -0.2) is 49.2 Å². The second kappa shape index (κ2) is 9.59. The largest absolute Gasteiger partial charge is 1.00 e. The first kappa shape index (κ1) is 21.7. The minimum absolute atomic E-state index is 0. The Hall–Kier alpha value is -2.55. The number of carboxylic acid groups (broad SMARTS) is 1. The second-order valence-electron chi connectivity index (χ2n) is 5.72. The van der Waals surface area contributed by atoms with Crippen molar-refractivity contribution in [3.8, 4) is 11.5 Å². The molecule has 0 aromatic heterocycles. The number of benzene rings is 2. The van der Waals surface area contributed by atoms with Gasteiger partial charge < -0.3 is 24.1 Å². The first-order valence-electron chi connectivity index (χ1n) is 8.10. The van der Waals surface area contributed by atoms with Crippen LogP contribution in [0.4, 0.5) is 4.79 Å². The molecule has 0 aliphatic carbocycles. The number of para-hydroxylation sites is 2. The third kappa shape index (κ3) is 4.64. The van der Waals surface area contributed by atoms with Gasteiger partial charge in [-0.05, 0) is 18.2 Å². The van der Waals surface area contributed by atoms with Crippen molar-refractivity contribution >= 4 is 18.0 Å². The third-order valence-electron chi connectivity index (χ3n) is 3.99. The van der Waals surface area contributed by atoms with Crippen molar-refractivity contribution in [2.75, 3.05) is 20.3 Å². The summed E-state index contributed by atoms with van der Waals surface area (Å²) in [6, 6.07) is 12.5. The standard InChI is InChI=1S/C19H17NO7.Na/c1-25-15-8-4-5-9-16(15)26-11-12-10-20(19(24)27-12)17(21)13-6-2-3-7-14(13)18(22)23;/h2-9,12H,10-11H2,1H3,(H,22,23);/q;+1/p-1. The van der Waals surface area contributed by atoms with Gasteiger partial charge in [-0.3, -0.25) is 4.79 Å². The molecule has 1 atom stereocenters. The van der Waals surface area contributed by atoms with Gasteiger partial charge in [-0.25, -0.2) is 9.69 Å². The zero-order valence-electron chi connectivity index (χ0n) is 15.4. The number of aromatic carboxylic acids is 1. The van der Waals surface area contributed by atoms with Crippen molar-refractivity contribution < 1.29 is 63.3 Å². The first-order chi connectivity index (χ1) is 13.0. The molecule has 8 nitrogen and oxygen atoms in total. The van der Waals surface area contributed by atoms with Gasteiger partial charge in [0.2, 0.25) is 0 Å². The summed E-state index contributed by atoms with van der Waals surface area (Å²) in [4.78, 5) is 36.7. The van der Waals surface area contributed by atoms with Gasteiger partial charge >= 0.3 is 35.7 Å². The summed E-state index contributed by atoms with van der Waals surface area (Å²) in [7, 11) is 1.51. The SMILES string of the molecule is COc1ccccc1OCC1CN(C(=O)c2ccccc2C(=O)[O-])C(=O)O1.[Na+]. The van der Waals surface area contributed by atoms with Crippen molar-refractivity contribution in [1.82, 2.24) is 4.90 Å². The van der Waals surface area contributed by atoms with Crippen LogP contribution in [0.25, 0.3) is 0 Å². The van der Waals surface area contributed by atoms with Gasteiger partial charge in [0.15, 0.2) is 17.6 Å². The van der Waals surface area contributed by atoms with E-state index in [0.29, 0.717) is 11.5 Å². The monoisotopic (exact) mass is 393 g/mol. The molecule has 1 unspecified atom stereocenters. The summed E-state index contributed by atoms with van der Waals surface area (Å²) in [5.74, 6) is -1.26. The maximum Gasteiger partial charge on any atom is 1.00 e. The fourth-order valence-corrected chi connectivity index (χ4v) is 2.69. The molecule has 3 rings (SSSR count). The maximum atomic E-state index is 12.6. The van der Waals surface area contributed by atoms with Crippen LogP contribution in [0.5, 0.6) is 11.5 Å². The molecule has 0 saturated carbocycles. The van der Waals surface area contributed by atoms with Gasteiger partial charge in [-0.2, -0.15) is 0 Å². The zero-order valence-corrected chi connectivity index (χ0v) is 17.4. The molecule has 140 valence electrons. The van der Waals surface area contributed by atoms with Gasteiger partial charge in [0.1, 0.15) is 6.61 Å². The number of amides is 2. The molecule has 1 aliphatic rings. The van der Waals surface area contributed by atoms with E-state index in [2.05, 4.69) is 0 Å². The van der Waals surface area contributed by atoms with Gasteiger partial charge in [0, 0.05) is 11.1 Å². The van der Waals surface area contributed by atoms with Gasteiger partial charge in [-0.15, -0.1) is 0 Å². The average molecular weight is 393 g/mol. The molecule has 2 amide bonds. The van der Waals surface area contributed by atoms with Crippen molar-refractivity contribution in [2.24, 2.45) is 0 Å². The number of ether oxygens (including phenoxy) is 3. The molecule has 0 N–H and O–H groups in total. The number of carboxylic acids is 1. The Morgan fingerprint density at radius 2 is 1.71 bits per heavy atom. The molecule has 0 spiro atoms. The molecular weight excluding hydrogens is 377 g/mol. The summed E-state index contributed by atoms with van der Waals surface area (Å²) in [6.07, 6.45) is -1.55. The van der Waals surface area contributed by atoms with Crippen molar-refractivity contribution in [1.29, 1.82) is 0 Å². The van der Waals surface area contributed by atoms with Gasteiger partial charge in [-0.1, -0.05) is 30.3 Å². The molecule has 1 heterocycles. The van der Waals surface area contributed by atoms with E-state index >= 15 is 0 Å². The molecule has 0 bridgehead atoms. The molecule has 2 aromatic rings. The number of cyclic esters (lactones) is 1. The van der Waals surface area contributed by atoms with Crippen molar-refractivity contribution in [3.05, 3.63) is 59.7 Å². The first-order valence-corrected chi connectivity index (χ1v) is 8.10. The molecule has 1 aliphatic heterocycles. The fourth-order valence-electron chi connectivity index (χ4n) is 2.69. The van der Waals surface area contributed by atoms with E-state index in [4.69, 9.17) is 14.2 Å². The van der Waals surface area contributed by atoms with E-state index < -0.39 is 24.1 Å². The fraction of sp³-hybridized carbons (Fsp3) is 0.211. The number of carbonyl (C=O) groups excluding carboxylic acids is 3. The Bertz CT molecular complexity index is 886. The van der Waals surface area contributed by atoms with E-state index in [-0.39, 0.29) is 53.8 Å². The molecule has 2 aromatic carbocycles. The molecular formula is C19H16NNaO7. The summed E-state index contributed by atoms with van der Waals surface area (Å²) in [5, 5.41) is 11.2. The molecule has 1 fully saturated rings. The number of rotatable bonds is 6. The van der Waals surface area contributed by atoms with Crippen molar-refractivity contribution in [3.63, 3.8) is 0 Å². The molecule has 0 radical (unpaired) electrons. The van der Waals surface area contributed by atoms with Crippen LogP contribution in [0, 0.1) is 0 Å². The minimum Gasteiger partial charge on any atom is -0.545 e. The molecule has 9 heteroatoms. The van der Waals surface area contributed by atoms with Crippen LogP contribution < -0.4 is 44.1 Å². The number of hydrogen-bond donors (Lipinski definition) is 0. The van der Waals surface area contributed by atoms with E-state index in [0.717, 1.165) is 4.90 Å². The van der Waals surface area contributed by atoms with Crippen LogP contribution in [0.2, 0.25) is 0 Å². The van der Waals surface area contributed by atoms with E-state index in [1.807, 2.05) is 0 Å². The Labute approximate surface area is 183 Å². The van der Waals surface area contributed by atoms with E-state index in [1.165, 1.54) is 31.4 Å². The third-order valence-corrected chi connectivity index (χ3v) is 3.99.